The summed E-state index contributed by atoms with van der Waals surface area (Å²) in [7, 11) is 1.80. The van der Waals surface area contributed by atoms with Crippen LogP contribution in [0.25, 0.3) is 0 Å². The van der Waals surface area contributed by atoms with Crippen LogP contribution in [0.4, 0.5) is 0 Å². The van der Waals surface area contributed by atoms with E-state index in [0.29, 0.717) is 6.10 Å². The molecule has 1 fully saturated rings. The predicted octanol–water partition coefficient (Wildman–Crippen LogP) is 2.26. The molecule has 0 spiro atoms. The van der Waals surface area contributed by atoms with Crippen LogP contribution in [0.15, 0.2) is 0 Å². The molecule has 1 rings (SSSR count). The second-order valence-electron chi connectivity index (χ2n) is 6.05. The van der Waals surface area contributed by atoms with Crippen LogP contribution in [0.1, 0.15) is 47.5 Å². The lowest BCUT2D eigenvalue weighted by Crippen LogP contribution is -2.68. The summed E-state index contributed by atoms with van der Waals surface area (Å²) in [5.41, 5.74) is 0.517. The third-order valence-corrected chi connectivity index (χ3v) is 4.62. The highest BCUT2D eigenvalue weighted by molar-refractivity contribution is 5.01. The highest BCUT2D eigenvalue weighted by atomic mass is 16.5. The van der Waals surface area contributed by atoms with Crippen molar-refractivity contribution < 1.29 is 4.74 Å². The van der Waals surface area contributed by atoms with Gasteiger partial charge in [-0.05, 0) is 33.6 Å². The number of hydrogen-bond donors (Lipinski definition) is 1. The molecule has 102 valence electrons. The van der Waals surface area contributed by atoms with Gasteiger partial charge in [0.25, 0.3) is 0 Å². The number of nitrogens with zero attached hydrogens (tertiary/aromatic N) is 1. The minimum atomic E-state index is 0.252. The van der Waals surface area contributed by atoms with Crippen molar-refractivity contribution in [2.75, 3.05) is 26.7 Å². The molecule has 0 bridgehead atoms. The van der Waals surface area contributed by atoms with E-state index in [1.54, 1.807) is 7.11 Å². The van der Waals surface area contributed by atoms with Gasteiger partial charge < -0.3 is 10.1 Å². The van der Waals surface area contributed by atoms with Gasteiger partial charge in [-0.1, -0.05) is 13.8 Å². The fourth-order valence-electron chi connectivity index (χ4n) is 2.44. The molecule has 0 aliphatic carbocycles. The topological polar surface area (TPSA) is 24.5 Å². The minimum Gasteiger partial charge on any atom is -0.380 e. The Kier molecular flexibility index (Phi) is 4.99. The monoisotopic (exact) mass is 242 g/mol. The van der Waals surface area contributed by atoms with Crippen molar-refractivity contribution in [1.29, 1.82) is 0 Å². The molecule has 0 aromatic heterocycles. The van der Waals surface area contributed by atoms with Gasteiger partial charge in [-0.2, -0.15) is 0 Å². The Balaban J connectivity index is 2.76. The molecule has 1 N–H and O–H groups in total. The Labute approximate surface area is 107 Å². The van der Waals surface area contributed by atoms with Crippen LogP contribution < -0.4 is 5.32 Å². The molecular weight excluding hydrogens is 212 g/mol. The zero-order chi connectivity index (χ0) is 13.1. The van der Waals surface area contributed by atoms with E-state index in [2.05, 4.69) is 44.8 Å². The van der Waals surface area contributed by atoms with E-state index >= 15 is 0 Å². The molecule has 1 aliphatic heterocycles. The van der Waals surface area contributed by atoms with Gasteiger partial charge in [-0.3, -0.25) is 4.90 Å². The number of ether oxygens (including phenoxy) is 1. The highest BCUT2D eigenvalue weighted by Gasteiger charge is 2.41. The Bertz CT molecular complexity index is 246. The number of nitrogens with one attached hydrogen (secondary N) is 1. The van der Waals surface area contributed by atoms with Crippen LogP contribution >= 0.6 is 0 Å². The second-order valence-corrected chi connectivity index (χ2v) is 6.05. The van der Waals surface area contributed by atoms with Gasteiger partial charge in [0.2, 0.25) is 0 Å². The Morgan fingerprint density at radius 1 is 1.29 bits per heavy atom. The van der Waals surface area contributed by atoms with E-state index in [1.807, 2.05) is 0 Å². The van der Waals surface area contributed by atoms with Gasteiger partial charge in [-0.15, -0.1) is 0 Å². The maximum atomic E-state index is 5.43. The molecule has 3 heteroatoms. The lowest BCUT2D eigenvalue weighted by atomic mass is 9.85. The van der Waals surface area contributed by atoms with Gasteiger partial charge in [0.1, 0.15) is 0 Å². The Morgan fingerprint density at radius 3 is 2.41 bits per heavy atom. The van der Waals surface area contributed by atoms with Gasteiger partial charge in [0, 0.05) is 37.8 Å². The van der Waals surface area contributed by atoms with Crippen LogP contribution in [0.5, 0.6) is 0 Å². The molecule has 0 amide bonds. The number of rotatable bonds is 5. The van der Waals surface area contributed by atoms with E-state index in [0.717, 1.165) is 19.6 Å². The van der Waals surface area contributed by atoms with Crippen molar-refractivity contribution in [2.45, 2.75) is 64.6 Å². The van der Waals surface area contributed by atoms with E-state index in [4.69, 9.17) is 4.74 Å². The zero-order valence-electron chi connectivity index (χ0n) is 12.5. The van der Waals surface area contributed by atoms with Crippen molar-refractivity contribution in [1.82, 2.24) is 10.2 Å². The molecule has 3 nitrogen and oxygen atoms in total. The summed E-state index contributed by atoms with van der Waals surface area (Å²) in [5.74, 6) is 0. The molecule has 3 atom stereocenters. The van der Waals surface area contributed by atoms with E-state index in [1.165, 1.54) is 12.8 Å². The van der Waals surface area contributed by atoms with E-state index < -0.39 is 0 Å². The van der Waals surface area contributed by atoms with Gasteiger partial charge >= 0.3 is 0 Å². The lowest BCUT2D eigenvalue weighted by molar-refractivity contribution is -0.0209. The number of methoxy groups -OCH3 is 1. The van der Waals surface area contributed by atoms with E-state index in [-0.39, 0.29) is 11.1 Å². The molecule has 0 aromatic carbocycles. The average Bonchev–Trinajstić information content (AvgIpc) is 2.34. The third kappa shape index (κ3) is 3.43. The van der Waals surface area contributed by atoms with Crippen LogP contribution in [0.2, 0.25) is 0 Å². The molecular formula is C14H30N2O. The minimum absolute atomic E-state index is 0.252. The van der Waals surface area contributed by atoms with Crippen LogP contribution in [-0.2, 0) is 4.74 Å². The number of hydrogen-bond acceptors (Lipinski definition) is 3. The maximum absolute atomic E-state index is 5.43. The second kappa shape index (κ2) is 5.68. The summed E-state index contributed by atoms with van der Waals surface area (Å²) in [6.45, 7) is 14.6. The van der Waals surface area contributed by atoms with Gasteiger partial charge in [-0.25, -0.2) is 0 Å². The number of piperazine rings is 1. The van der Waals surface area contributed by atoms with Gasteiger partial charge in [0.15, 0.2) is 0 Å². The lowest BCUT2D eigenvalue weighted by Gasteiger charge is -2.52. The standard InChI is InChI=1S/C14H30N2O/c1-7-13(4)11-16(9-12(3)17-6)14(5,8-2)10-15-13/h12,15H,7-11H2,1-6H3. The van der Waals surface area contributed by atoms with Crippen molar-refractivity contribution in [3.8, 4) is 0 Å². The van der Waals surface area contributed by atoms with E-state index in [9.17, 15) is 0 Å². The fourth-order valence-corrected chi connectivity index (χ4v) is 2.44. The fraction of sp³-hybridized carbons (Fsp3) is 1.00. The van der Waals surface area contributed by atoms with Crippen LogP contribution in [0.3, 0.4) is 0 Å². The maximum Gasteiger partial charge on any atom is 0.0670 e. The summed E-state index contributed by atoms with van der Waals surface area (Å²) in [6, 6.07) is 0. The largest absolute Gasteiger partial charge is 0.380 e. The average molecular weight is 242 g/mol. The molecule has 0 radical (unpaired) electrons. The van der Waals surface area contributed by atoms with Crippen molar-refractivity contribution in [3.63, 3.8) is 0 Å². The quantitative estimate of drug-likeness (QED) is 0.800. The van der Waals surface area contributed by atoms with Crippen LogP contribution in [0, 0.1) is 0 Å². The molecule has 0 saturated carbocycles. The van der Waals surface area contributed by atoms with Crippen molar-refractivity contribution >= 4 is 0 Å². The molecule has 1 aliphatic rings. The molecule has 1 heterocycles. The first-order chi connectivity index (χ1) is 7.89. The summed E-state index contributed by atoms with van der Waals surface area (Å²) >= 11 is 0. The smallest absolute Gasteiger partial charge is 0.0670 e. The Morgan fingerprint density at radius 2 is 1.94 bits per heavy atom. The summed E-state index contributed by atoms with van der Waals surface area (Å²) in [5, 5.41) is 3.73. The normalized spacial score (nSPS) is 37.1. The van der Waals surface area contributed by atoms with Gasteiger partial charge in [0.05, 0.1) is 6.10 Å². The first kappa shape index (κ1) is 14.9. The third-order valence-electron chi connectivity index (χ3n) is 4.62. The van der Waals surface area contributed by atoms with Crippen molar-refractivity contribution in [3.05, 3.63) is 0 Å². The zero-order valence-corrected chi connectivity index (χ0v) is 12.5. The summed E-state index contributed by atoms with van der Waals surface area (Å²) in [6.07, 6.45) is 2.65. The van der Waals surface area contributed by atoms with Crippen molar-refractivity contribution in [2.24, 2.45) is 0 Å². The highest BCUT2D eigenvalue weighted by Crippen LogP contribution is 2.28. The predicted molar refractivity (Wildman–Crippen MR) is 73.4 cm³/mol. The molecule has 17 heavy (non-hydrogen) atoms. The molecule has 0 aromatic rings. The SMILES string of the molecule is CCC1(C)CN(CC(C)OC)C(C)(CC)CN1. The first-order valence-corrected chi connectivity index (χ1v) is 6.92. The molecule has 3 unspecified atom stereocenters. The van der Waals surface area contributed by atoms with Crippen LogP contribution in [-0.4, -0.2) is 48.8 Å². The summed E-state index contributed by atoms with van der Waals surface area (Å²) < 4.78 is 5.43. The summed E-state index contributed by atoms with van der Waals surface area (Å²) in [4.78, 5) is 2.61. The molecule has 1 saturated heterocycles. The first-order valence-electron chi connectivity index (χ1n) is 6.92. The Hall–Kier alpha value is -0.120.